The second-order valence-electron chi connectivity index (χ2n) is 46.3. The van der Waals surface area contributed by atoms with Crippen LogP contribution in [0, 0.1) is 0 Å². The van der Waals surface area contributed by atoms with Crippen molar-refractivity contribution in [2.24, 2.45) is 0 Å². The van der Waals surface area contributed by atoms with Crippen molar-refractivity contribution >= 4 is 0 Å². The van der Waals surface area contributed by atoms with Crippen molar-refractivity contribution in [3.8, 4) is 46.0 Å². The third-order valence-corrected chi connectivity index (χ3v) is 26.6. The van der Waals surface area contributed by atoms with Gasteiger partial charge in [-0.1, -0.05) is 312 Å². The van der Waals surface area contributed by atoms with E-state index in [9.17, 15) is 0 Å². The van der Waals surface area contributed by atoms with E-state index in [0.29, 0.717) is 104 Å². The molecule has 0 N–H and O–H groups in total. The predicted octanol–water partition coefficient (Wildman–Crippen LogP) is 31.5. The highest BCUT2D eigenvalue weighted by atomic mass is 16.5. The number of ether oxygens (including phenoxy) is 8. The van der Waals surface area contributed by atoms with E-state index in [2.05, 4.69) is 313 Å². The second kappa shape index (κ2) is 42.8. The van der Waals surface area contributed by atoms with Gasteiger partial charge in [0.1, 0.15) is 46.0 Å². The Kier molecular flexibility index (Phi) is 32.9. The van der Waals surface area contributed by atoms with Gasteiger partial charge in [-0.2, -0.15) is 0 Å². The average Bonchev–Trinajstić information content (AvgIpc) is 0.773. The van der Waals surface area contributed by atoms with Crippen LogP contribution in [-0.4, -0.2) is 52.9 Å². The van der Waals surface area contributed by atoms with E-state index in [0.717, 1.165) is 149 Å². The van der Waals surface area contributed by atoms with Crippen molar-refractivity contribution in [3.05, 3.63) is 292 Å². The van der Waals surface area contributed by atoms with Gasteiger partial charge in [-0.15, -0.1) is 13.2 Å². The summed E-state index contributed by atoms with van der Waals surface area (Å²) in [5.41, 5.74) is 27.9. The molecule has 0 unspecified atom stereocenters. The summed E-state index contributed by atoms with van der Waals surface area (Å²) in [4.78, 5) is 0. The molecule has 8 aromatic rings. The Hall–Kier alpha value is -9.14. The van der Waals surface area contributed by atoms with Crippen LogP contribution in [0.4, 0.5) is 0 Å². The Labute approximate surface area is 787 Å². The first-order valence-electron chi connectivity index (χ1n) is 49.9. The molecule has 0 saturated carbocycles. The van der Waals surface area contributed by atoms with Gasteiger partial charge < -0.3 is 37.9 Å². The van der Waals surface area contributed by atoms with Crippen LogP contribution in [0.25, 0.3) is 0 Å². The molecule has 2 aliphatic carbocycles. The summed E-state index contributed by atoms with van der Waals surface area (Å²) in [6.07, 6.45) is 37.5. The van der Waals surface area contributed by atoms with Gasteiger partial charge in [0, 0.05) is 51.4 Å². The largest absolute Gasteiger partial charge is 0.493 e. The zero-order chi connectivity index (χ0) is 93.7. The average molecular weight is 1760 g/mol. The molecule has 12 rings (SSSR count). The lowest BCUT2D eigenvalue weighted by molar-refractivity contribution is 0.299. The molecule has 4 aliphatic rings. The zero-order valence-electron chi connectivity index (χ0n) is 85.2. The van der Waals surface area contributed by atoms with Crippen molar-refractivity contribution in [1.29, 1.82) is 0 Å². The number of benzene rings is 8. The minimum atomic E-state index is -0.177. The highest BCUT2D eigenvalue weighted by Gasteiger charge is 2.35. The molecular formula is C122H164O8. The summed E-state index contributed by atoms with van der Waals surface area (Å²) in [6, 6.07) is 39.4. The molecule has 0 fully saturated rings. The van der Waals surface area contributed by atoms with Crippen LogP contribution in [-0.2, 0) is 94.7 Å². The lowest BCUT2D eigenvalue weighted by Gasteiger charge is -2.29. The first kappa shape index (κ1) is 99.9. The Morgan fingerprint density at radius 1 is 0.231 bits per heavy atom. The summed E-state index contributed by atoms with van der Waals surface area (Å²) < 4.78 is 59.4. The molecule has 8 nitrogen and oxygen atoms in total. The third-order valence-electron chi connectivity index (χ3n) is 26.6. The monoisotopic (exact) mass is 1760 g/mol. The fourth-order valence-electron chi connectivity index (χ4n) is 18.5. The fraction of sp³-hybridized carbons (Fsp3) is 0.525. The van der Waals surface area contributed by atoms with Crippen molar-refractivity contribution in [2.75, 3.05) is 52.9 Å². The smallest absolute Gasteiger partial charge is 0.126 e. The van der Waals surface area contributed by atoms with Gasteiger partial charge in [-0.25, -0.2) is 0 Å². The van der Waals surface area contributed by atoms with Crippen LogP contribution in [0.3, 0.4) is 0 Å². The van der Waals surface area contributed by atoms with Crippen LogP contribution in [0.1, 0.15) is 402 Å². The molecule has 0 spiro atoms. The Bertz CT molecular complexity index is 4750. The molecule has 8 aromatic carbocycles. The molecule has 0 radical (unpaired) electrons. The topological polar surface area (TPSA) is 73.8 Å². The normalized spacial score (nSPS) is 15.8. The molecule has 0 atom stereocenters. The molecule has 20 bridgehead atoms. The quantitative estimate of drug-likeness (QED) is 0.0552. The highest BCUT2D eigenvalue weighted by Crippen LogP contribution is 2.49. The maximum atomic E-state index is 7.59. The Balaban J connectivity index is 0.926. The summed E-state index contributed by atoms with van der Waals surface area (Å²) in [7, 11) is 0. The van der Waals surface area contributed by atoms with Crippen molar-refractivity contribution in [1.82, 2.24) is 0 Å². The standard InChI is InChI=1S/C122H164O8/c1-27-29-43-51-123-107-83-59-87-71-101(117(9,10)11)75-91-63-95-79-105(121(21,22)23)80-96(64-92-76-102(118(12,13)14)72-88(60-84(107)68-99(67-83)115(3,4)5)110(92)126-54-46-38-32-31-37-45-53-125-109(87)91)113(95)129-57-49-41-35-36-42-50-58-130-114-97-65-93-77-103(119(15,16)17)73-89-61-85-69-100(116(6,7)8)70-86(108(85)124-52-44-30-28-2)62-90-74-104(120(18,19)20)78-94(66-98(114)82-106(81-97)122(24,25)26)112(90)128-56-48-40-34-33-39-47-55-127-111(89)93/h27-28,31-36,67-82H,1-2,29-30,37-66H2,3-26H3/b32-31-,34-33-,36-35-. The fourth-order valence-corrected chi connectivity index (χ4v) is 18.5. The van der Waals surface area contributed by atoms with E-state index in [1.54, 1.807) is 0 Å². The van der Waals surface area contributed by atoms with E-state index in [1.807, 2.05) is 12.2 Å². The van der Waals surface area contributed by atoms with Crippen molar-refractivity contribution < 1.29 is 37.9 Å². The molecule has 0 saturated heterocycles. The van der Waals surface area contributed by atoms with E-state index >= 15 is 0 Å². The van der Waals surface area contributed by atoms with Gasteiger partial charge >= 0.3 is 0 Å². The first-order valence-corrected chi connectivity index (χ1v) is 49.9. The van der Waals surface area contributed by atoms with Gasteiger partial charge in [0.25, 0.3) is 0 Å². The number of rotatable bonds is 20. The van der Waals surface area contributed by atoms with E-state index in [4.69, 9.17) is 37.9 Å². The summed E-state index contributed by atoms with van der Waals surface area (Å²) in [6.45, 7) is 69.4. The lowest BCUT2D eigenvalue weighted by atomic mass is 9.79. The predicted molar refractivity (Wildman–Crippen MR) is 549 cm³/mol. The Morgan fingerprint density at radius 3 is 0.538 bits per heavy atom. The molecule has 2 heterocycles. The van der Waals surface area contributed by atoms with Gasteiger partial charge in [-0.3, -0.25) is 0 Å². The molecule has 700 valence electrons. The van der Waals surface area contributed by atoms with Gasteiger partial charge in [0.15, 0.2) is 0 Å². The summed E-state index contributed by atoms with van der Waals surface area (Å²) in [5.74, 6) is 7.78. The van der Waals surface area contributed by atoms with Crippen LogP contribution in [0.5, 0.6) is 46.0 Å². The van der Waals surface area contributed by atoms with Crippen LogP contribution >= 0.6 is 0 Å². The molecule has 130 heavy (non-hydrogen) atoms. The summed E-state index contributed by atoms with van der Waals surface area (Å²) >= 11 is 0. The van der Waals surface area contributed by atoms with E-state index in [1.165, 1.54) is 134 Å². The maximum absolute atomic E-state index is 7.59. The number of allylic oxidation sites excluding steroid dienone is 8. The number of hydrogen-bond donors (Lipinski definition) is 0. The Morgan fingerprint density at radius 2 is 0.385 bits per heavy atom. The number of fused-ring (bicyclic) bond motifs is 4. The maximum Gasteiger partial charge on any atom is 0.126 e. The SMILES string of the molecule is C=CCCCOc1c2cc(C(C)(C)C)cc1Cc1cc(C(C)(C)C)cc3c1OCCC/C=C\CCCOc1c(cc(C(C)(C)C)cc1Cc1cc(C(C)(C)C)cc(c1OCCC/C=C\CCCOc1c4cc(C(C)(C)C)cc1Cc1cc(C(C)(C)C)cc5c1OCCC/C=C\CCCOc1c(cc(C(C)(C)C)cc1C4)Cc1cc(C(C)(C)C)cc(c1OCCCC=C)C5)C3)C2. The highest BCUT2D eigenvalue weighted by molar-refractivity contribution is 5.64. The second-order valence-corrected chi connectivity index (χ2v) is 46.3. The molecule has 0 amide bonds. The first-order chi connectivity index (χ1) is 61.4. The van der Waals surface area contributed by atoms with Crippen molar-refractivity contribution in [3.63, 3.8) is 0 Å². The van der Waals surface area contributed by atoms with Crippen molar-refractivity contribution in [2.45, 2.75) is 364 Å². The molecule has 2 aliphatic heterocycles. The summed E-state index contributed by atoms with van der Waals surface area (Å²) in [5, 5.41) is 0. The van der Waals surface area contributed by atoms with Gasteiger partial charge in [-0.05, 0) is 280 Å². The number of unbranched alkanes of at least 4 members (excludes halogenated alkanes) is 4. The minimum Gasteiger partial charge on any atom is -0.493 e. The number of hydrogen-bond acceptors (Lipinski definition) is 8. The van der Waals surface area contributed by atoms with E-state index < -0.39 is 0 Å². The van der Waals surface area contributed by atoms with Crippen LogP contribution in [0.15, 0.2) is 159 Å². The van der Waals surface area contributed by atoms with Gasteiger partial charge in [0.2, 0.25) is 0 Å². The molecule has 0 aromatic heterocycles. The molecular weight excluding hydrogens is 1590 g/mol. The zero-order valence-corrected chi connectivity index (χ0v) is 85.2. The van der Waals surface area contributed by atoms with Crippen LogP contribution < -0.4 is 37.9 Å². The third kappa shape index (κ3) is 26.4. The molecule has 8 heteroatoms. The minimum absolute atomic E-state index is 0.147. The van der Waals surface area contributed by atoms with Crippen LogP contribution in [0.2, 0.25) is 0 Å². The van der Waals surface area contributed by atoms with E-state index in [-0.39, 0.29) is 43.3 Å². The lowest BCUT2D eigenvalue weighted by Crippen LogP contribution is -2.18. The van der Waals surface area contributed by atoms with Gasteiger partial charge in [0.05, 0.1) is 52.9 Å².